The van der Waals surface area contributed by atoms with Crippen LogP contribution in [0.15, 0.2) is 4.52 Å². The molecule has 0 aromatic carbocycles. The van der Waals surface area contributed by atoms with Gasteiger partial charge in [-0.2, -0.15) is 4.98 Å². The molecule has 2 N–H and O–H groups in total. The zero-order valence-electron chi connectivity index (χ0n) is 11.1. The lowest BCUT2D eigenvalue weighted by molar-refractivity contribution is 0.183. The molecule has 0 aliphatic heterocycles. The van der Waals surface area contributed by atoms with Crippen molar-refractivity contribution in [1.29, 1.82) is 0 Å². The topological polar surface area (TPSA) is 64.9 Å². The third-order valence-corrected chi connectivity index (χ3v) is 3.52. The van der Waals surface area contributed by atoms with Crippen LogP contribution in [0.5, 0.6) is 0 Å². The lowest BCUT2D eigenvalue weighted by Crippen LogP contribution is -2.41. The molecule has 4 nitrogen and oxygen atoms in total. The van der Waals surface area contributed by atoms with E-state index in [0.29, 0.717) is 17.7 Å². The fourth-order valence-corrected chi connectivity index (χ4v) is 2.69. The smallest absolute Gasteiger partial charge is 0.246 e. The zero-order chi connectivity index (χ0) is 12.5. The van der Waals surface area contributed by atoms with Gasteiger partial charge in [-0.1, -0.05) is 38.8 Å². The van der Waals surface area contributed by atoms with Crippen molar-refractivity contribution < 1.29 is 4.52 Å². The van der Waals surface area contributed by atoms with Crippen LogP contribution in [0.1, 0.15) is 58.2 Å². The second-order valence-corrected chi connectivity index (χ2v) is 5.97. The van der Waals surface area contributed by atoms with Crippen LogP contribution in [0, 0.1) is 11.8 Å². The van der Waals surface area contributed by atoms with Gasteiger partial charge in [0.25, 0.3) is 0 Å². The van der Waals surface area contributed by atoms with Crippen molar-refractivity contribution in [3.63, 3.8) is 0 Å². The molecule has 2 rings (SSSR count). The Bertz CT molecular complexity index is 374. The highest BCUT2D eigenvalue weighted by molar-refractivity contribution is 5.04. The Morgan fingerprint density at radius 1 is 1.53 bits per heavy atom. The lowest BCUT2D eigenvalue weighted by atomic mass is 9.77. The van der Waals surface area contributed by atoms with Gasteiger partial charge in [0.1, 0.15) is 0 Å². The Balaban J connectivity index is 2.12. The van der Waals surface area contributed by atoms with E-state index in [0.717, 1.165) is 31.5 Å². The van der Waals surface area contributed by atoms with Gasteiger partial charge in [-0.15, -0.1) is 0 Å². The van der Waals surface area contributed by atoms with Gasteiger partial charge in [-0.05, 0) is 24.7 Å². The molecule has 0 amide bonds. The molecule has 4 heteroatoms. The molecule has 0 spiro atoms. The summed E-state index contributed by atoms with van der Waals surface area (Å²) in [5.41, 5.74) is 6.03. The summed E-state index contributed by atoms with van der Waals surface area (Å²) in [6.45, 7) is 6.54. The first kappa shape index (κ1) is 12.6. The van der Waals surface area contributed by atoms with Crippen LogP contribution in [0.3, 0.4) is 0 Å². The molecule has 1 aromatic rings. The van der Waals surface area contributed by atoms with Gasteiger partial charge in [0.2, 0.25) is 5.89 Å². The van der Waals surface area contributed by atoms with E-state index in [1.54, 1.807) is 0 Å². The highest BCUT2D eigenvalue weighted by Crippen LogP contribution is 2.36. The molecule has 0 bridgehead atoms. The SMILES string of the molecule is CC(C)Cc1noc(C2(N)CCCC(C)C2)n1. The first-order valence-electron chi connectivity index (χ1n) is 6.61. The second-order valence-electron chi connectivity index (χ2n) is 5.97. The lowest BCUT2D eigenvalue weighted by Gasteiger charge is -2.33. The number of aromatic nitrogens is 2. The molecule has 2 unspecified atom stereocenters. The predicted octanol–water partition coefficient (Wildman–Crippen LogP) is 2.63. The second kappa shape index (κ2) is 4.77. The van der Waals surface area contributed by atoms with Gasteiger partial charge in [-0.25, -0.2) is 0 Å². The Hall–Kier alpha value is -0.900. The number of nitrogens with zero attached hydrogens (tertiary/aromatic N) is 2. The summed E-state index contributed by atoms with van der Waals surface area (Å²) in [4.78, 5) is 4.48. The molecule has 2 atom stereocenters. The molecule has 1 saturated carbocycles. The molecule has 1 aromatic heterocycles. The largest absolute Gasteiger partial charge is 0.337 e. The molecule has 1 aliphatic carbocycles. The van der Waals surface area contributed by atoms with Crippen molar-refractivity contribution in [3.8, 4) is 0 Å². The minimum Gasteiger partial charge on any atom is -0.337 e. The van der Waals surface area contributed by atoms with E-state index in [1.165, 1.54) is 6.42 Å². The number of nitrogens with two attached hydrogens (primary N) is 1. The molecule has 0 radical (unpaired) electrons. The summed E-state index contributed by atoms with van der Waals surface area (Å²) in [5.74, 6) is 2.62. The standard InChI is InChI=1S/C13H23N3O/c1-9(2)7-11-15-12(17-16-11)13(14)6-4-5-10(3)8-13/h9-10H,4-8,14H2,1-3H3. The minimum atomic E-state index is -0.389. The van der Waals surface area contributed by atoms with Crippen molar-refractivity contribution in [1.82, 2.24) is 10.1 Å². The van der Waals surface area contributed by atoms with Gasteiger partial charge in [-0.3, -0.25) is 0 Å². The van der Waals surface area contributed by atoms with Gasteiger partial charge in [0.15, 0.2) is 5.82 Å². The van der Waals surface area contributed by atoms with Crippen molar-refractivity contribution >= 4 is 0 Å². The molecular formula is C13H23N3O. The summed E-state index contributed by atoms with van der Waals surface area (Å²) < 4.78 is 5.37. The Labute approximate surface area is 103 Å². The number of hydrogen-bond donors (Lipinski definition) is 1. The molecule has 96 valence electrons. The van der Waals surface area contributed by atoms with Gasteiger partial charge in [0.05, 0.1) is 5.54 Å². The van der Waals surface area contributed by atoms with E-state index in [4.69, 9.17) is 10.3 Å². The molecule has 1 heterocycles. The van der Waals surface area contributed by atoms with Gasteiger partial charge >= 0.3 is 0 Å². The van der Waals surface area contributed by atoms with Crippen LogP contribution in [0.2, 0.25) is 0 Å². The maximum Gasteiger partial charge on any atom is 0.246 e. The maximum atomic E-state index is 6.42. The van der Waals surface area contributed by atoms with Gasteiger partial charge in [0, 0.05) is 6.42 Å². The van der Waals surface area contributed by atoms with E-state index in [1.807, 2.05) is 0 Å². The van der Waals surface area contributed by atoms with E-state index in [-0.39, 0.29) is 5.54 Å². The van der Waals surface area contributed by atoms with Crippen LogP contribution in [-0.2, 0) is 12.0 Å². The fourth-order valence-electron chi connectivity index (χ4n) is 2.69. The first-order valence-corrected chi connectivity index (χ1v) is 6.61. The number of rotatable bonds is 3. The van der Waals surface area contributed by atoms with Crippen molar-refractivity contribution in [2.75, 3.05) is 0 Å². The van der Waals surface area contributed by atoms with Crippen LogP contribution >= 0.6 is 0 Å². The van der Waals surface area contributed by atoms with Crippen LogP contribution in [-0.4, -0.2) is 10.1 Å². The quantitative estimate of drug-likeness (QED) is 0.877. The van der Waals surface area contributed by atoms with E-state index in [2.05, 4.69) is 30.9 Å². The minimum absolute atomic E-state index is 0.389. The molecule has 1 aliphatic rings. The first-order chi connectivity index (χ1) is 7.99. The monoisotopic (exact) mass is 237 g/mol. The Morgan fingerprint density at radius 2 is 2.29 bits per heavy atom. The third-order valence-electron chi connectivity index (χ3n) is 3.52. The maximum absolute atomic E-state index is 6.42. The number of hydrogen-bond acceptors (Lipinski definition) is 4. The van der Waals surface area contributed by atoms with Crippen molar-refractivity contribution in [2.45, 2.75) is 58.4 Å². The highest BCUT2D eigenvalue weighted by Gasteiger charge is 2.37. The van der Waals surface area contributed by atoms with Crippen molar-refractivity contribution in [3.05, 3.63) is 11.7 Å². The summed E-state index contributed by atoms with van der Waals surface area (Å²) >= 11 is 0. The summed E-state index contributed by atoms with van der Waals surface area (Å²) in [6.07, 6.45) is 5.18. The summed E-state index contributed by atoms with van der Waals surface area (Å²) in [5, 5.41) is 4.04. The van der Waals surface area contributed by atoms with Crippen LogP contribution in [0.25, 0.3) is 0 Å². The highest BCUT2D eigenvalue weighted by atomic mass is 16.5. The fraction of sp³-hybridized carbons (Fsp3) is 0.846. The zero-order valence-corrected chi connectivity index (χ0v) is 11.1. The van der Waals surface area contributed by atoms with Gasteiger partial charge < -0.3 is 10.3 Å². The predicted molar refractivity (Wildman–Crippen MR) is 66.3 cm³/mol. The Morgan fingerprint density at radius 3 is 2.94 bits per heavy atom. The van der Waals surface area contributed by atoms with Crippen molar-refractivity contribution in [2.24, 2.45) is 17.6 Å². The average Bonchev–Trinajstić information content (AvgIpc) is 2.65. The summed E-state index contributed by atoms with van der Waals surface area (Å²) in [7, 11) is 0. The Kier molecular flexibility index (Phi) is 3.52. The van der Waals surface area contributed by atoms with E-state index in [9.17, 15) is 0 Å². The normalized spacial score (nSPS) is 29.8. The van der Waals surface area contributed by atoms with Crippen LogP contribution in [0.4, 0.5) is 0 Å². The molecule has 0 saturated heterocycles. The van der Waals surface area contributed by atoms with E-state index < -0.39 is 0 Å². The molecule has 17 heavy (non-hydrogen) atoms. The third kappa shape index (κ3) is 2.86. The average molecular weight is 237 g/mol. The van der Waals surface area contributed by atoms with Crippen LogP contribution < -0.4 is 5.73 Å². The molecule has 1 fully saturated rings. The summed E-state index contributed by atoms with van der Waals surface area (Å²) in [6, 6.07) is 0. The molecular weight excluding hydrogens is 214 g/mol. The van der Waals surface area contributed by atoms with E-state index >= 15 is 0 Å².